The summed E-state index contributed by atoms with van der Waals surface area (Å²) in [5.74, 6) is 0.425. The number of Topliss-reactive ketones (excluding diaryl/α,β-unsaturated/α-hetero) is 1. The van der Waals surface area contributed by atoms with Gasteiger partial charge in [-0.2, -0.15) is 0 Å². The fraction of sp³-hybridized carbons (Fsp3) is 0.800. The summed E-state index contributed by atoms with van der Waals surface area (Å²) in [7, 11) is 3.50. The van der Waals surface area contributed by atoms with Crippen LogP contribution in [0.15, 0.2) is 0 Å². The summed E-state index contributed by atoms with van der Waals surface area (Å²) in [6.45, 7) is 1.95. The average molecular weight is 163 g/mol. The maximum absolute atomic E-state index is 10.7. The molecule has 1 heterocycles. The largest absolute Gasteiger partial charge is 0.300 e. The molecule has 4 heteroatoms. The lowest BCUT2D eigenvalue weighted by Gasteiger charge is -2.23. The van der Waals surface area contributed by atoms with Crippen molar-refractivity contribution in [2.75, 3.05) is 13.1 Å². The SMILES string of the molecule is O=C1CCN(PP)CC1. The van der Waals surface area contributed by atoms with Crippen molar-refractivity contribution in [3.8, 4) is 0 Å². The van der Waals surface area contributed by atoms with Crippen molar-refractivity contribution in [2.24, 2.45) is 0 Å². The number of nitrogens with zero attached hydrogens (tertiary/aromatic N) is 1. The van der Waals surface area contributed by atoms with E-state index in [4.69, 9.17) is 0 Å². The maximum Gasteiger partial charge on any atom is 0.135 e. The van der Waals surface area contributed by atoms with Gasteiger partial charge in [0.25, 0.3) is 0 Å². The van der Waals surface area contributed by atoms with Crippen molar-refractivity contribution in [3.63, 3.8) is 0 Å². The summed E-state index contributed by atoms with van der Waals surface area (Å²) in [5, 5.41) is 0. The molecule has 1 fully saturated rings. The topological polar surface area (TPSA) is 20.3 Å². The number of ketones is 1. The number of hydrogen-bond donors (Lipinski definition) is 0. The Morgan fingerprint density at radius 2 is 2.00 bits per heavy atom. The summed E-state index contributed by atoms with van der Waals surface area (Å²) in [5.41, 5.74) is 0. The van der Waals surface area contributed by atoms with Crippen molar-refractivity contribution in [2.45, 2.75) is 12.8 Å². The molecule has 0 spiro atoms. The van der Waals surface area contributed by atoms with Gasteiger partial charge in [-0.1, -0.05) is 8.93 Å². The monoisotopic (exact) mass is 163 g/mol. The molecule has 0 aromatic heterocycles. The van der Waals surface area contributed by atoms with Crippen LogP contribution >= 0.6 is 17.3 Å². The van der Waals surface area contributed by atoms with Crippen LogP contribution in [-0.2, 0) is 4.79 Å². The standard InChI is InChI=1S/C5H11NOP2/c7-5-1-3-6(9-8)4-2-5/h9H,1-4,8H2. The second kappa shape index (κ2) is 3.61. The Kier molecular flexibility index (Phi) is 3.04. The van der Waals surface area contributed by atoms with E-state index < -0.39 is 0 Å². The second-order valence-corrected chi connectivity index (χ2v) is 3.82. The van der Waals surface area contributed by atoms with Crippen LogP contribution in [0.25, 0.3) is 0 Å². The number of carbonyl (C=O) groups is 1. The predicted molar refractivity (Wildman–Crippen MR) is 43.8 cm³/mol. The van der Waals surface area contributed by atoms with Gasteiger partial charge in [0, 0.05) is 25.9 Å². The van der Waals surface area contributed by atoms with Crippen LogP contribution in [-0.4, -0.2) is 23.5 Å². The summed E-state index contributed by atoms with van der Waals surface area (Å²) in [6, 6.07) is 0. The van der Waals surface area contributed by atoms with Crippen molar-refractivity contribution in [1.29, 1.82) is 0 Å². The third-order valence-corrected chi connectivity index (χ3v) is 3.41. The molecule has 1 aliphatic rings. The Morgan fingerprint density at radius 1 is 1.44 bits per heavy atom. The van der Waals surface area contributed by atoms with Crippen LogP contribution in [0, 0.1) is 0 Å². The lowest BCUT2D eigenvalue weighted by atomic mass is 10.1. The van der Waals surface area contributed by atoms with Gasteiger partial charge in [-0.25, -0.2) is 0 Å². The number of piperidine rings is 1. The van der Waals surface area contributed by atoms with E-state index in [1.165, 1.54) is 0 Å². The van der Waals surface area contributed by atoms with Gasteiger partial charge in [-0.15, -0.1) is 0 Å². The molecule has 0 saturated carbocycles. The molecule has 2 unspecified atom stereocenters. The highest BCUT2D eigenvalue weighted by Gasteiger charge is 2.13. The van der Waals surface area contributed by atoms with Crippen LogP contribution in [0.3, 0.4) is 0 Å². The molecule has 0 aromatic carbocycles. The van der Waals surface area contributed by atoms with E-state index >= 15 is 0 Å². The molecular formula is C5H11NOP2. The molecule has 0 aromatic rings. The minimum absolute atomic E-state index is 0.425. The van der Waals surface area contributed by atoms with Gasteiger partial charge in [0.1, 0.15) is 5.78 Å². The quantitative estimate of drug-likeness (QED) is 0.538. The first-order chi connectivity index (χ1) is 4.33. The van der Waals surface area contributed by atoms with E-state index in [-0.39, 0.29) is 0 Å². The first-order valence-electron chi connectivity index (χ1n) is 3.06. The highest BCUT2D eigenvalue weighted by atomic mass is 32.0. The summed E-state index contributed by atoms with van der Waals surface area (Å²) >= 11 is 0. The van der Waals surface area contributed by atoms with Crippen LogP contribution in [0.5, 0.6) is 0 Å². The Bertz CT molecular complexity index is 108. The van der Waals surface area contributed by atoms with E-state index in [0.29, 0.717) is 5.78 Å². The minimum atomic E-state index is 0.425. The fourth-order valence-corrected chi connectivity index (χ4v) is 2.14. The van der Waals surface area contributed by atoms with Crippen molar-refractivity contribution >= 4 is 23.1 Å². The van der Waals surface area contributed by atoms with Crippen LogP contribution in [0.1, 0.15) is 12.8 Å². The molecule has 1 rings (SSSR count). The molecule has 52 valence electrons. The van der Waals surface area contributed by atoms with Gasteiger partial charge in [0.05, 0.1) is 0 Å². The van der Waals surface area contributed by atoms with Crippen molar-refractivity contribution < 1.29 is 4.79 Å². The molecule has 2 nitrogen and oxygen atoms in total. The van der Waals surface area contributed by atoms with Crippen LogP contribution < -0.4 is 0 Å². The normalized spacial score (nSPS) is 23.9. The van der Waals surface area contributed by atoms with Gasteiger partial charge in [-0.3, -0.25) is 9.46 Å². The Hall–Kier alpha value is 0.490. The van der Waals surface area contributed by atoms with Crippen LogP contribution in [0.4, 0.5) is 0 Å². The van der Waals surface area contributed by atoms with Gasteiger partial charge in [0.15, 0.2) is 0 Å². The van der Waals surface area contributed by atoms with E-state index in [9.17, 15) is 4.79 Å². The zero-order valence-corrected chi connectivity index (χ0v) is 7.42. The predicted octanol–water partition coefficient (Wildman–Crippen LogP) is 1.03. The van der Waals surface area contributed by atoms with Gasteiger partial charge in [-0.05, 0) is 8.42 Å². The molecule has 2 atom stereocenters. The highest BCUT2D eigenvalue weighted by Crippen LogP contribution is 2.28. The fourth-order valence-electron chi connectivity index (χ4n) is 0.885. The molecule has 0 aliphatic carbocycles. The molecule has 0 bridgehead atoms. The zero-order chi connectivity index (χ0) is 6.69. The minimum Gasteiger partial charge on any atom is -0.300 e. The van der Waals surface area contributed by atoms with Crippen molar-refractivity contribution in [1.82, 2.24) is 4.67 Å². The molecule has 0 amide bonds. The molecule has 0 N–H and O–H groups in total. The molecular weight excluding hydrogens is 152 g/mol. The van der Waals surface area contributed by atoms with E-state index in [1.807, 2.05) is 0 Å². The Labute approximate surface area is 59.3 Å². The zero-order valence-electron chi connectivity index (χ0n) is 5.26. The Balaban J connectivity index is 2.26. The first kappa shape index (κ1) is 7.60. The van der Waals surface area contributed by atoms with Gasteiger partial charge >= 0.3 is 0 Å². The molecule has 1 aliphatic heterocycles. The first-order valence-corrected chi connectivity index (χ1v) is 5.81. The van der Waals surface area contributed by atoms with Gasteiger partial charge < -0.3 is 0 Å². The smallest absolute Gasteiger partial charge is 0.135 e. The average Bonchev–Trinajstić information content (AvgIpc) is 1.90. The third kappa shape index (κ3) is 2.29. The van der Waals surface area contributed by atoms with E-state index in [2.05, 4.69) is 13.6 Å². The number of rotatable bonds is 1. The Morgan fingerprint density at radius 3 is 2.44 bits per heavy atom. The molecule has 1 saturated heterocycles. The van der Waals surface area contributed by atoms with E-state index in [0.717, 1.165) is 34.4 Å². The van der Waals surface area contributed by atoms with Crippen molar-refractivity contribution in [3.05, 3.63) is 0 Å². The second-order valence-electron chi connectivity index (χ2n) is 2.15. The number of hydrogen-bond acceptors (Lipinski definition) is 2. The molecule has 0 radical (unpaired) electrons. The lowest BCUT2D eigenvalue weighted by molar-refractivity contribution is -0.120. The lowest BCUT2D eigenvalue weighted by Crippen LogP contribution is -2.26. The summed E-state index contributed by atoms with van der Waals surface area (Å²) in [4.78, 5) is 10.7. The van der Waals surface area contributed by atoms with Crippen LogP contribution in [0.2, 0.25) is 0 Å². The summed E-state index contributed by atoms with van der Waals surface area (Å²) < 4.78 is 2.30. The summed E-state index contributed by atoms with van der Waals surface area (Å²) in [6.07, 6.45) is 1.53. The maximum atomic E-state index is 10.7. The molecule has 9 heavy (non-hydrogen) atoms. The van der Waals surface area contributed by atoms with Gasteiger partial charge in [0.2, 0.25) is 0 Å². The highest BCUT2D eigenvalue weighted by molar-refractivity contribution is 8.01. The third-order valence-electron chi connectivity index (χ3n) is 1.50. The van der Waals surface area contributed by atoms with E-state index in [1.54, 1.807) is 0 Å². The number of carbonyl (C=O) groups excluding carboxylic acids is 1.